The minimum Gasteiger partial charge on any atom is -0.370 e. The Balaban J connectivity index is 2.13. The smallest absolute Gasteiger partial charge is 0.264 e. The van der Waals surface area contributed by atoms with Crippen LogP contribution in [0.1, 0.15) is 40.2 Å². The highest BCUT2D eigenvalue weighted by Gasteiger charge is 2.29. The molecule has 1 fully saturated rings. The van der Waals surface area contributed by atoms with Gasteiger partial charge in [0.1, 0.15) is 0 Å². The summed E-state index contributed by atoms with van der Waals surface area (Å²) >= 11 is 1.50. The van der Waals surface area contributed by atoms with Crippen molar-refractivity contribution in [1.82, 2.24) is 4.90 Å². The summed E-state index contributed by atoms with van der Waals surface area (Å²) in [5.74, 6) is -0.291. The third-order valence-electron chi connectivity index (χ3n) is 3.28. The second-order valence-corrected chi connectivity index (χ2v) is 6.02. The highest BCUT2D eigenvalue weighted by molar-refractivity contribution is 7.13. The van der Waals surface area contributed by atoms with Gasteiger partial charge in [0.05, 0.1) is 4.88 Å². The van der Waals surface area contributed by atoms with Crippen LogP contribution < -0.4 is 5.73 Å². The second kappa shape index (κ2) is 5.52. The second-order valence-electron chi connectivity index (χ2n) is 4.73. The Morgan fingerprint density at radius 2 is 2.22 bits per heavy atom. The molecule has 0 saturated carbocycles. The quantitative estimate of drug-likeness (QED) is 0.908. The maximum atomic E-state index is 12.4. The van der Waals surface area contributed by atoms with Crippen molar-refractivity contribution in [3.05, 3.63) is 21.9 Å². The van der Waals surface area contributed by atoms with E-state index in [1.807, 2.05) is 24.0 Å². The topological polar surface area (TPSA) is 63.4 Å². The van der Waals surface area contributed by atoms with Gasteiger partial charge in [-0.05, 0) is 38.3 Å². The molecule has 0 radical (unpaired) electrons. The summed E-state index contributed by atoms with van der Waals surface area (Å²) in [4.78, 5) is 27.2. The van der Waals surface area contributed by atoms with Crippen molar-refractivity contribution in [2.75, 3.05) is 6.54 Å². The number of aryl methyl sites for hydroxylation is 1. The molecular formula is C13H18N2O2S. The summed E-state index contributed by atoms with van der Waals surface area (Å²) in [5, 5.41) is 0. The zero-order chi connectivity index (χ0) is 13.1. The molecule has 2 rings (SSSR count). The van der Waals surface area contributed by atoms with E-state index in [0.717, 1.165) is 35.6 Å². The monoisotopic (exact) mass is 266 g/mol. The van der Waals surface area contributed by atoms with Crippen LogP contribution in [0.15, 0.2) is 12.1 Å². The van der Waals surface area contributed by atoms with Crippen LogP contribution in [-0.4, -0.2) is 29.3 Å². The third kappa shape index (κ3) is 2.90. The van der Waals surface area contributed by atoms with Gasteiger partial charge >= 0.3 is 0 Å². The van der Waals surface area contributed by atoms with E-state index in [2.05, 4.69) is 0 Å². The molecule has 1 aromatic heterocycles. The van der Waals surface area contributed by atoms with Crippen LogP contribution in [0.25, 0.3) is 0 Å². The maximum Gasteiger partial charge on any atom is 0.264 e. The molecule has 1 saturated heterocycles. The standard InChI is InChI=1S/C13H18N2O2S/c1-9-5-6-11(18-9)13(17)15-7-3-2-4-10(15)8-12(14)16/h5-6,10H,2-4,7-8H2,1H3,(H2,14,16)/t10-/m1/s1. The van der Waals surface area contributed by atoms with Crippen molar-refractivity contribution < 1.29 is 9.59 Å². The molecule has 4 nitrogen and oxygen atoms in total. The van der Waals surface area contributed by atoms with E-state index < -0.39 is 0 Å². The predicted molar refractivity (Wildman–Crippen MR) is 71.5 cm³/mol. The molecule has 18 heavy (non-hydrogen) atoms. The van der Waals surface area contributed by atoms with Crippen molar-refractivity contribution >= 4 is 23.2 Å². The lowest BCUT2D eigenvalue weighted by molar-refractivity contribution is -0.119. The van der Waals surface area contributed by atoms with E-state index in [-0.39, 0.29) is 24.3 Å². The van der Waals surface area contributed by atoms with Gasteiger partial charge in [-0.25, -0.2) is 0 Å². The molecule has 2 heterocycles. The number of hydrogen-bond acceptors (Lipinski definition) is 3. The van der Waals surface area contributed by atoms with Crippen molar-refractivity contribution in [3.8, 4) is 0 Å². The molecular weight excluding hydrogens is 248 g/mol. The van der Waals surface area contributed by atoms with Gasteiger partial charge in [0.25, 0.3) is 5.91 Å². The predicted octanol–water partition coefficient (Wildman–Crippen LogP) is 1.93. The number of carbonyl (C=O) groups excluding carboxylic acids is 2. The number of rotatable bonds is 3. The van der Waals surface area contributed by atoms with Crippen LogP contribution in [0.5, 0.6) is 0 Å². The number of piperidine rings is 1. The van der Waals surface area contributed by atoms with Gasteiger partial charge in [-0.3, -0.25) is 9.59 Å². The van der Waals surface area contributed by atoms with E-state index in [1.54, 1.807) is 0 Å². The van der Waals surface area contributed by atoms with Crippen molar-refractivity contribution in [2.45, 2.75) is 38.6 Å². The first-order valence-electron chi connectivity index (χ1n) is 6.23. The summed E-state index contributed by atoms with van der Waals surface area (Å²) in [6.45, 7) is 2.71. The molecule has 0 aliphatic carbocycles. The van der Waals surface area contributed by atoms with Crippen LogP contribution in [0.4, 0.5) is 0 Å². The first kappa shape index (κ1) is 13.1. The number of primary amides is 1. The minimum atomic E-state index is -0.331. The largest absolute Gasteiger partial charge is 0.370 e. The van der Waals surface area contributed by atoms with E-state index in [0.29, 0.717) is 0 Å². The van der Waals surface area contributed by atoms with Gasteiger partial charge in [-0.15, -0.1) is 11.3 Å². The van der Waals surface area contributed by atoms with E-state index in [9.17, 15) is 9.59 Å². The van der Waals surface area contributed by atoms with Crippen LogP contribution in [0, 0.1) is 6.92 Å². The fourth-order valence-corrected chi connectivity index (χ4v) is 3.23. The van der Waals surface area contributed by atoms with Crippen molar-refractivity contribution in [1.29, 1.82) is 0 Å². The number of nitrogens with zero attached hydrogens (tertiary/aromatic N) is 1. The average molecular weight is 266 g/mol. The zero-order valence-electron chi connectivity index (χ0n) is 10.5. The highest BCUT2D eigenvalue weighted by Crippen LogP contribution is 2.24. The number of amides is 2. The fraction of sp³-hybridized carbons (Fsp3) is 0.538. The summed E-state index contributed by atoms with van der Waals surface area (Å²) < 4.78 is 0. The molecule has 98 valence electrons. The lowest BCUT2D eigenvalue weighted by atomic mass is 9.99. The first-order valence-corrected chi connectivity index (χ1v) is 7.05. The molecule has 2 amide bonds. The summed E-state index contributed by atoms with van der Waals surface area (Å²) in [6, 6.07) is 3.79. The number of hydrogen-bond donors (Lipinski definition) is 1. The zero-order valence-corrected chi connectivity index (χ0v) is 11.3. The lowest BCUT2D eigenvalue weighted by Gasteiger charge is -2.34. The van der Waals surface area contributed by atoms with E-state index in [4.69, 9.17) is 5.73 Å². The summed E-state index contributed by atoms with van der Waals surface area (Å²) in [7, 11) is 0. The normalized spacial score (nSPS) is 19.8. The van der Waals surface area contributed by atoms with Crippen molar-refractivity contribution in [2.24, 2.45) is 5.73 Å². The van der Waals surface area contributed by atoms with Gasteiger partial charge in [0.15, 0.2) is 0 Å². The Labute approximate surface area is 111 Å². The van der Waals surface area contributed by atoms with Gasteiger partial charge in [0.2, 0.25) is 5.91 Å². The van der Waals surface area contributed by atoms with Gasteiger partial charge in [0, 0.05) is 23.9 Å². The van der Waals surface area contributed by atoms with Crippen LogP contribution in [0.3, 0.4) is 0 Å². The molecule has 1 aromatic rings. The van der Waals surface area contributed by atoms with Gasteiger partial charge in [-0.1, -0.05) is 0 Å². The number of likely N-dealkylation sites (tertiary alicyclic amines) is 1. The molecule has 5 heteroatoms. The van der Waals surface area contributed by atoms with Crippen molar-refractivity contribution in [3.63, 3.8) is 0 Å². The molecule has 0 unspecified atom stereocenters. The summed E-state index contributed by atoms with van der Waals surface area (Å²) in [5.41, 5.74) is 5.25. The van der Waals surface area contributed by atoms with Crippen LogP contribution >= 0.6 is 11.3 Å². The van der Waals surface area contributed by atoms with E-state index in [1.165, 1.54) is 11.3 Å². The Morgan fingerprint density at radius 1 is 1.44 bits per heavy atom. The Hall–Kier alpha value is -1.36. The minimum absolute atomic E-state index is 0.0221. The molecule has 1 aliphatic rings. The number of nitrogens with two attached hydrogens (primary N) is 1. The van der Waals surface area contributed by atoms with Gasteiger partial charge < -0.3 is 10.6 Å². The lowest BCUT2D eigenvalue weighted by Crippen LogP contribution is -2.45. The molecule has 0 bridgehead atoms. The third-order valence-corrected chi connectivity index (χ3v) is 4.26. The molecule has 1 aliphatic heterocycles. The average Bonchev–Trinajstić information content (AvgIpc) is 2.75. The molecule has 2 N–H and O–H groups in total. The first-order chi connectivity index (χ1) is 8.58. The van der Waals surface area contributed by atoms with Crippen LogP contribution in [-0.2, 0) is 4.79 Å². The number of carbonyl (C=O) groups is 2. The Morgan fingerprint density at radius 3 is 2.83 bits per heavy atom. The summed E-state index contributed by atoms with van der Waals surface area (Å²) in [6.07, 6.45) is 3.21. The molecule has 0 aromatic carbocycles. The SMILES string of the molecule is Cc1ccc(C(=O)N2CCCC[C@@H]2CC(N)=O)s1. The van der Waals surface area contributed by atoms with Crippen LogP contribution in [0.2, 0.25) is 0 Å². The Bertz CT molecular complexity index is 456. The van der Waals surface area contributed by atoms with Gasteiger partial charge in [-0.2, -0.15) is 0 Å². The Kier molecular flexibility index (Phi) is 4.01. The highest BCUT2D eigenvalue weighted by atomic mass is 32.1. The van der Waals surface area contributed by atoms with E-state index >= 15 is 0 Å². The molecule has 1 atom stereocenters. The fourth-order valence-electron chi connectivity index (χ4n) is 2.40. The molecule has 0 spiro atoms. The maximum absolute atomic E-state index is 12.4. The number of thiophene rings is 1.